The first-order valence-corrected chi connectivity index (χ1v) is 9.74. The highest BCUT2D eigenvalue weighted by atomic mass is 16.5. The van der Waals surface area contributed by atoms with Crippen LogP contribution in [0.25, 0.3) is 0 Å². The van der Waals surface area contributed by atoms with E-state index in [-0.39, 0.29) is 6.03 Å². The van der Waals surface area contributed by atoms with Crippen molar-refractivity contribution in [1.82, 2.24) is 15.1 Å². The second-order valence-corrected chi connectivity index (χ2v) is 7.11. The molecular weight excluding hydrogens is 330 g/mol. The molecule has 2 amide bonds. The standard InChI is InChI=1S/C20H31N3O3/c1-25-18-8-6-17(7-9-18)4-2-10-21-20(24)23-13-11-22(12-14-23)16-19-5-3-15-26-19/h6-9,19H,2-5,10-16H2,1H3,(H,21,24). The smallest absolute Gasteiger partial charge is 0.317 e. The quantitative estimate of drug-likeness (QED) is 0.756. The van der Waals surface area contributed by atoms with Gasteiger partial charge >= 0.3 is 6.03 Å². The van der Waals surface area contributed by atoms with Crippen LogP contribution < -0.4 is 10.1 Å². The molecule has 3 rings (SSSR count). The van der Waals surface area contributed by atoms with E-state index in [1.54, 1.807) is 7.11 Å². The maximum atomic E-state index is 12.3. The van der Waals surface area contributed by atoms with Crippen molar-refractivity contribution in [2.24, 2.45) is 0 Å². The summed E-state index contributed by atoms with van der Waals surface area (Å²) in [5.74, 6) is 0.876. The van der Waals surface area contributed by atoms with Gasteiger partial charge in [-0.1, -0.05) is 12.1 Å². The number of hydrogen-bond donors (Lipinski definition) is 1. The first kappa shape index (κ1) is 19.0. The Morgan fingerprint density at radius 3 is 2.65 bits per heavy atom. The van der Waals surface area contributed by atoms with Crippen LogP contribution in [0.3, 0.4) is 0 Å². The van der Waals surface area contributed by atoms with Gasteiger partial charge in [-0.3, -0.25) is 4.90 Å². The minimum atomic E-state index is 0.0662. The van der Waals surface area contributed by atoms with Crippen LogP contribution in [-0.4, -0.2) is 74.9 Å². The first-order valence-electron chi connectivity index (χ1n) is 9.74. The minimum absolute atomic E-state index is 0.0662. The lowest BCUT2D eigenvalue weighted by atomic mass is 10.1. The highest BCUT2D eigenvalue weighted by Gasteiger charge is 2.24. The molecule has 6 nitrogen and oxygen atoms in total. The summed E-state index contributed by atoms with van der Waals surface area (Å²) in [6.45, 7) is 6.12. The number of rotatable bonds is 7. The first-order chi connectivity index (χ1) is 12.7. The van der Waals surface area contributed by atoms with E-state index in [0.29, 0.717) is 12.6 Å². The molecule has 1 aromatic rings. The summed E-state index contributed by atoms with van der Waals surface area (Å²) in [6, 6.07) is 8.17. The SMILES string of the molecule is COc1ccc(CCCNC(=O)N2CCN(CC3CCCO3)CC2)cc1. The van der Waals surface area contributed by atoms with Crippen LogP contribution in [0.2, 0.25) is 0 Å². The van der Waals surface area contributed by atoms with Gasteiger partial charge in [0.25, 0.3) is 0 Å². The molecule has 26 heavy (non-hydrogen) atoms. The predicted molar refractivity (Wildman–Crippen MR) is 102 cm³/mol. The van der Waals surface area contributed by atoms with Crippen molar-refractivity contribution < 1.29 is 14.3 Å². The molecule has 1 aromatic carbocycles. The van der Waals surface area contributed by atoms with Crippen molar-refractivity contribution in [3.8, 4) is 5.75 Å². The molecule has 1 N–H and O–H groups in total. The number of hydrogen-bond acceptors (Lipinski definition) is 4. The van der Waals surface area contributed by atoms with E-state index in [2.05, 4.69) is 22.3 Å². The molecule has 1 atom stereocenters. The number of nitrogens with one attached hydrogen (secondary N) is 1. The fraction of sp³-hybridized carbons (Fsp3) is 0.650. The Hall–Kier alpha value is -1.79. The normalized spacial score (nSPS) is 21.0. The number of carbonyl (C=O) groups excluding carboxylic acids is 1. The lowest BCUT2D eigenvalue weighted by Gasteiger charge is -2.35. The Morgan fingerprint density at radius 1 is 1.23 bits per heavy atom. The Morgan fingerprint density at radius 2 is 2.00 bits per heavy atom. The van der Waals surface area contributed by atoms with E-state index < -0.39 is 0 Å². The summed E-state index contributed by atoms with van der Waals surface area (Å²) in [5, 5.41) is 3.05. The second-order valence-electron chi connectivity index (χ2n) is 7.11. The zero-order chi connectivity index (χ0) is 18.2. The molecule has 0 radical (unpaired) electrons. The minimum Gasteiger partial charge on any atom is -0.497 e. The van der Waals surface area contributed by atoms with Crippen LogP contribution in [0, 0.1) is 0 Å². The lowest BCUT2D eigenvalue weighted by molar-refractivity contribution is 0.0561. The predicted octanol–water partition coefficient (Wildman–Crippen LogP) is 2.13. The Kier molecular flexibility index (Phi) is 7.14. The molecule has 0 saturated carbocycles. The fourth-order valence-corrected chi connectivity index (χ4v) is 3.60. The number of ether oxygens (including phenoxy) is 2. The average Bonchev–Trinajstić information content (AvgIpc) is 3.19. The van der Waals surface area contributed by atoms with Gasteiger partial charge in [-0.2, -0.15) is 0 Å². The van der Waals surface area contributed by atoms with Crippen LogP contribution >= 0.6 is 0 Å². The van der Waals surface area contributed by atoms with E-state index in [1.807, 2.05) is 17.0 Å². The van der Waals surface area contributed by atoms with Crippen molar-refractivity contribution in [3.05, 3.63) is 29.8 Å². The third-order valence-corrected chi connectivity index (χ3v) is 5.22. The van der Waals surface area contributed by atoms with Gasteiger partial charge in [0.1, 0.15) is 5.75 Å². The topological polar surface area (TPSA) is 54.0 Å². The van der Waals surface area contributed by atoms with Crippen molar-refractivity contribution in [1.29, 1.82) is 0 Å². The third-order valence-electron chi connectivity index (χ3n) is 5.22. The molecule has 2 aliphatic rings. The van der Waals surface area contributed by atoms with E-state index >= 15 is 0 Å². The zero-order valence-corrected chi connectivity index (χ0v) is 15.8. The number of amides is 2. The number of carbonyl (C=O) groups is 1. The number of urea groups is 1. The molecule has 2 heterocycles. The van der Waals surface area contributed by atoms with Crippen LogP contribution in [0.4, 0.5) is 4.79 Å². The Balaban J connectivity index is 1.29. The largest absolute Gasteiger partial charge is 0.497 e. The molecule has 144 valence electrons. The molecule has 6 heteroatoms. The van der Waals surface area contributed by atoms with Gasteiger partial charge in [0.05, 0.1) is 13.2 Å². The molecule has 0 spiro atoms. The summed E-state index contributed by atoms with van der Waals surface area (Å²) in [6.07, 6.45) is 4.66. The summed E-state index contributed by atoms with van der Waals surface area (Å²) in [4.78, 5) is 16.6. The fourth-order valence-electron chi connectivity index (χ4n) is 3.60. The number of benzene rings is 1. The maximum absolute atomic E-state index is 12.3. The van der Waals surface area contributed by atoms with E-state index in [9.17, 15) is 4.79 Å². The molecule has 0 aromatic heterocycles. The van der Waals surface area contributed by atoms with E-state index in [0.717, 1.165) is 57.9 Å². The van der Waals surface area contributed by atoms with E-state index in [4.69, 9.17) is 9.47 Å². The molecule has 2 fully saturated rings. The molecule has 0 bridgehead atoms. The van der Waals surface area contributed by atoms with Crippen molar-refractivity contribution in [2.75, 3.05) is 53.0 Å². The Labute approximate surface area is 156 Å². The monoisotopic (exact) mass is 361 g/mol. The highest BCUT2D eigenvalue weighted by molar-refractivity contribution is 5.74. The van der Waals surface area contributed by atoms with Crippen molar-refractivity contribution >= 4 is 6.03 Å². The van der Waals surface area contributed by atoms with Crippen molar-refractivity contribution in [3.63, 3.8) is 0 Å². The molecular formula is C20H31N3O3. The summed E-state index contributed by atoms with van der Waals surface area (Å²) in [7, 11) is 1.67. The summed E-state index contributed by atoms with van der Waals surface area (Å²) >= 11 is 0. The molecule has 1 unspecified atom stereocenters. The van der Waals surface area contributed by atoms with Crippen LogP contribution in [-0.2, 0) is 11.2 Å². The molecule has 2 aliphatic heterocycles. The van der Waals surface area contributed by atoms with Gasteiger partial charge < -0.3 is 19.7 Å². The van der Waals surface area contributed by atoms with Crippen molar-refractivity contribution in [2.45, 2.75) is 31.8 Å². The maximum Gasteiger partial charge on any atom is 0.317 e. The van der Waals surface area contributed by atoms with Gasteiger partial charge in [0.2, 0.25) is 0 Å². The summed E-state index contributed by atoms with van der Waals surface area (Å²) < 4.78 is 10.9. The number of piperazine rings is 1. The average molecular weight is 361 g/mol. The van der Waals surface area contributed by atoms with Gasteiger partial charge in [-0.15, -0.1) is 0 Å². The zero-order valence-electron chi connectivity index (χ0n) is 15.8. The third kappa shape index (κ3) is 5.61. The molecule has 2 saturated heterocycles. The molecule has 0 aliphatic carbocycles. The second kappa shape index (κ2) is 9.78. The number of aryl methyl sites for hydroxylation is 1. The highest BCUT2D eigenvalue weighted by Crippen LogP contribution is 2.15. The Bertz CT molecular complexity index is 550. The van der Waals surface area contributed by atoms with E-state index in [1.165, 1.54) is 18.4 Å². The van der Waals surface area contributed by atoms with Crippen LogP contribution in [0.1, 0.15) is 24.8 Å². The van der Waals surface area contributed by atoms with Gasteiger partial charge in [-0.25, -0.2) is 4.79 Å². The van der Waals surface area contributed by atoms with Gasteiger partial charge in [0.15, 0.2) is 0 Å². The lowest BCUT2D eigenvalue weighted by Crippen LogP contribution is -2.53. The van der Waals surface area contributed by atoms with Gasteiger partial charge in [0, 0.05) is 45.9 Å². The number of methoxy groups -OCH3 is 1. The number of nitrogens with zero attached hydrogens (tertiary/aromatic N) is 2. The van der Waals surface area contributed by atoms with Crippen LogP contribution in [0.5, 0.6) is 5.75 Å². The van der Waals surface area contributed by atoms with Gasteiger partial charge in [-0.05, 0) is 43.4 Å². The summed E-state index contributed by atoms with van der Waals surface area (Å²) in [5.41, 5.74) is 1.27. The van der Waals surface area contributed by atoms with Crippen LogP contribution in [0.15, 0.2) is 24.3 Å².